The third-order valence-corrected chi connectivity index (χ3v) is 3.95. The number of hydrogen-bond donors (Lipinski definition) is 0. The molecule has 1 aromatic rings. The molecular weight excluding hydrogens is 274 g/mol. The van der Waals surface area contributed by atoms with Gasteiger partial charge < -0.3 is 4.90 Å². The first-order valence-corrected chi connectivity index (χ1v) is 8.22. The fourth-order valence-electron chi connectivity index (χ4n) is 1.56. The highest BCUT2D eigenvalue weighted by Crippen LogP contribution is 2.38. The molecule has 100 valence electrons. The van der Waals surface area contributed by atoms with E-state index in [1.54, 1.807) is 18.0 Å². The Bertz CT molecular complexity index is 543. The van der Waals surface area contributed by atoms with Crippen LogP contribution in [0.15, 0.2) is 6.07 Å². The van der Waals surface area contributed by atoms with Gasteiger partial charge in [0.25, 0.3) is 0 Å². The van der Waals surface area contributed by atoms with E-state index in [1.165, 1.54) is 6.26 Å². The van der Waals surface area contributed by atoms with Gasteiger partial charge in [-0.05, 0) is 12.8 Å². The Balaban J connectivity index is 2.11. The summed E-state index contributed by atoms with van der Waals surface area (Å²) in [6.07, 6.45) is 3.43. The molecule has 0 unspecified atom stereocenters. The van der Waals surface area contributed by atoms with Gasteiger partial charge in [-0.2, -0.15) is 0 Å². The fraction of sp³-hybridized carbons (Fsp3) is 0.636. The van der Waals surface area contributed by atoms with Gasteiger partial charge >= 0.3 is 0 Å². The smallest absolute Gasteiger partial charge is 0.149 e. The average molecular weight is 290 g/mol. The Morgan fingerprint density at radius 3 is 2.67 bits per heavy atom. The summed E-state index contributed by atoms with van der Waals surface area (Å²) in [5, 5.41) is 0.410. The minimum atomic E-state index is -2.97. The summed E-state index contributed by atoms with van der Waals surface area (Å²) in [6, 6.07) is 1.66. The molecule has 0 aromatic carbocycles. The standard InChI is InChI=1S/C11H16ClN3O2S/c1-15(5-6-18(2,16)17)10-7-9(12)13-11(14-10)8-3-4-8/h7-8H,3-6H2,1-2H3. The molecule has 1 aromatic heterocycles. The van der Waals surface area contributed by atoms with E-state index in [4.69, 9.17) is 11.6 Å². The van der Waals surface area contributed by atoms with E-state index in [1.807, 2.05) is 0 Å². The monoisotopic (exact) mass is 289 g/mol. The van der Waals surface area contributed by atoms with Crippen LogP contribution in [0.5, 0.6) is 0 Å². The number of aromatic nitrogens is 2. The quantitative estimate of drug-likeness (QED) is 0.769. The van der Waals surface area contributed by atoms with Crippen LogP contribution in [0, 0.1) is 0 Å². The molecule has 7 heteroatoms. The number of hydrogen-bond acceptors (Lipinski definition) is 5. The highest BCUT2D eigenvalue weighted by atomic mass is 35.5. The van der Waals surface area contributed by atoms with Crippen molar-refractivity contribution in [2.24, 2.45) is 0 Å². The molecule has 1 heterocycles. The molecule has 5 nitrogen and oxygen atoms in total. The van der Waals surface area contributed by atoms with E-state index in [0.29, 0.717) is 23.4 Å². The van der Waals surface area contributed by atoms with Crippen LogP contribution in [0.2, 0.25) is 5.15 Å². The van der Waals surface area contributed by atoms with E-state index < -0.39 is 9.84 Å². The lowest BCUT2D eigenvalue weighted by atomic mass is 10.4. The zero-order chi connectivity index (χ0) is 13.3. The van der Waals surface area contributed by atoms with Crippen molar-refractivity contribution in [2.75, 3.05) is 30.5 Å². The summed E-state index contributed by atoms with van der Waals surface area (Å²) in [5.74, 6) is 1.97. The van der Waals surface area contributed by atoms with E-state index in [2.05, 4.69) is 9.97 Å². The SMILES string of the molecule is CN(CCS(C)(=O)=O)c1cc(Cl)nc(C2CC2)n1. The van der Waals surface area contributed by atoms with Gasteiger partial charge in [-0.3, -0.25) is 0 Å². The Hall–Kier alpha value is -0.880. The van der Waals surface area contributed by atoms with Crippen LogP contribution in [-0.2, 0) is 9.84 Å². The third kappa shape index (κ3) is 3.81. The first-order chi connectivity index (χ1) is 8.35. The molecule has 1 fully saturated rings. The van der Waals surface area contributed by atoms with Crippen molar-refractivity contribution in [2.45, 2.75) is 18.8 Å². The van der Waals surface area contributed by atoms with Crippen LogP contribution >= 0.6 is 11.6 Å². The maximum atomic E-state index is 11.1. The largest absolute Gasteiger partial charge is 0.359 e. The van der Waals surface area contributed by atoms with Crippen LogP contribution in [0.4, 0.5) is 5.82 Å². The molecule has 0 saturated heterocycles. The zero-order valence-corrected chi connectivity index (χ0v) is 12.0. The molecule has 0 radical (unpaired) electrons. The lowest BCUT2D eigenvalue weighted by molar-refractivity contribution is 0.601. The molecular formula is C11H16ClN3O2S. The van der Waals surface area contributed by atoms with E-state index in [9.17, 15) is 8.42 Å². The summed E-state index contributed by atoms with van der Waals surface area (Å²) in [7, 11) is -1.16. The number of rotatable bonds is 5. The van der Waals surface area contributed by atoms with E-state index >= 15 is 0 Å². The molecule has 18 heavy (non-hydrogen) atoms. The molecule has 0 N–H and O–H groups in total. The second-order valence-corrected chi connectivity index (χ2v) is 7.38. The van der Waals surface area contributed by atoms with Crippen LogP contribution in [0.1, 0.15) is 24.6 Å². The predicted molar refractivity (Wildman–Crippen MR) is 72.0 cm³/mol. The van der Waals surface area contributed by atoms with Crippen LogP contribution in [0.3, 0.4) is 0 Å². The normalized spacial score (nSPS) is 15.7. The van der Waals surface area contributed by atoms with Crippen molar-refractivity contribution in [3.8, 4) is 0 Å². The lowest BCUT2D eigenvalue weighted by Gasteiger charge is -2.18. The summed E-state index contributed by atoms with van der Waals surface area (Å²) in [5.41, 5.74) is 0. The van der Waals surface area contributed by atoms with Gasteiger partial charge in [-0.25, -0.2) is 18.4 Å². The van der Waals surface area contributed by atoms with Gasteiger partial charge in [-0.15, -0.1) is 0 Å². The number of anilines is 1. The predicted octanol–water partition coefficient (Wildman–Crippen LogP) is 1.49. The van der Waals surface area contributed by atoms with Crippen LogP contribution < -0.4 is 4.90 Å². The highest BCUT2D eigenvalue weighted by Gasteiger charge is 2.27. The maximum Gasteiger partial charge on any atom is 0.149 e. The van der Waals surface area contributed by atoms with Crippen molar-refractivity contribution >= 4 is 27.3 Å². The van der Waals surface area contributed by atoms with Crippen LogP contribution in [-0.4, -0.2) is 44.0 Å². The summed E-state index contributed by atoms with van der Waals surface area (Å²) >= 11 is 5.96. The summed E-state index contributed by atoms with van der Waals surface area (Å²) in [4.78, 5) is 10.4. The average Bonchev–Trinajstić information content (AvgIpc) is 3.07. The first-order valence-electron chi connectivity index (χ1n) is 5.78. The molecule has 2 rings (SSSR count). The first kappa shape index (κ1) is 13.5. The summed E-state index contributed by atoms with van der Waals surface area (Å²) in [6.45, 7) is 0.399. The Morgan fingerprint density at radius 2 is 2.11 bits per heavy atom. The van der Waals surface area contributed by atoms with Crippen molar-refractivity contribution in [1.29, 1.82) is 0 Å². The number of nitrogens with zero attached hydrogens (tertiary/aromatic N) is 3. The molecule has 1 aliphatic rings. The molecule has 0 bridgehead atoms. The van der Waals surface area contributed by atoms with Crippen molar-refractivity contribution < 1.29 is 8.42 Å². The van der Waals surface area contributed by atoms with Crippen molar-refractivity contribution in [3.05, 3.63) is 17.0 Å². The van der Waals surface area contributed by atoms with Crippen molar-refractivity contribution in [1.82, 2.24) is 9.97 Å². The zero-order valence-electron chi connectivity index (χ0n) is 10.4. The van der Waals surface area contributed by atoms with Crippen LogP contribution in [0.25, 0.3) is 0 Å². The molecule has 1 saturated carbocycles. The second-order valence-electron chi connectivity index (χ2n) is 4.73. The van der Waals surface area contributed by atoms with Gasteiger partial charge in [0.05, 0.1) is 5.75 Å². The fourth-order valence-corrected chi connectivity index (χ4v) is 2.35. The van der Waals surface area contributed by atoms with Gasteiger partial charge in [-0.1, -0.05) is 11.6 Å². The van der Waals surface area contributed by atoms with E-state index in [0.717, 1.165) is 18.7 Å². The van der Waals surface area contributed by atoms with Gasteiger partial charge in [0.1, 0.15) is 26.6 Å². The minimum Gasteiger partial charge on any atom is -0.359 e. The Morgan fingerprint density at radius 1 is 1.44 bits per heavy atom. The molecule has 0 aliphatic heterocycles. The lowest BCUT2D eigenvalue weighted by Crippen LogP contribution is -2.26. The van der Waals surface area contributed by atoms with Gasteiger partial charge in [0.2, 0.25) is 0 Å². The third-order valence-electron chi connectivity index (χ3n) is 2.83. The molecule has 0 atom stereocenters. The summed E-state index contributed by atoms with van der Waals surface area (Å²) < 4.78 is 22.3. The molecule has 0 spiro atoms. The second kappa shape index (κ2) is 5.01. The van der Waals surface area contributed by atoms with E-state index in [-0.39, 0.29) is 5.75 Å². The number of halogens is 1. The maximum absolute atomic E-state index is 11.1. The minimum absolute atomic E-state index is 0.101. The van der Waals surface area contributed by atoms with Gasteiger partial charge in [0, 0.05) is 31.8 Å². The van der Waals surface area contributed by atoms with Gasteiger partial charge in [0.15, 0.2) is 0 Å². The number of sulfone groups is 1. The Labute approximate surface area is 112 Å². The highest BCUT2D eigenvalue weighted by molar-refractivity contribution is 7.90. The Kier molecular flexibility index (Phi) is 3.77. The molecule has 0 amide bonds. The molecule has 1 aliphatic carbocycles. The topological polar surface area (TPSA) is 63.2 Å². The van der Waals surface area contributed by atoms with Crippen molar-refractivity contribution in [3.63, 3.8) is 0 Å².